The van der Waals surface area contributed by atoms with Crippen LogP contribution in [0.5, 0.6) is 11.5 Å². The van der Waals surface area contributed by atoms with Crippen molar-refractivity contribution >= 4 is 11.9 Å². The summed E-state index contributed by atoms with van der Waals surface area (Å²) in [5.41, 5.74) is 17.8. The smallest absolute Gasteiger partial charge is 0.336 e. The maximum Gasteiger partial charge on any atom is 0.336 e. The summed E-state index contributed by atoms with van der Waals surface area (Å²) < 4.78 is 11.4. The number of hydrogen-bond donors (Lipinski definition) is 4. The number of hydrogen-bond acceptors (Lipinski definition) is 8. The lowest BCUT2D eigenvalue weighted by Crippen LogP contribution is -2.30. The standard InChI is InChI=1S/2C26H26N2O3/c2*1-16-12-25-19(8-11-31-25)14-23(16)17-2-4-21-18(13-17)6-10-28-24(21)5-3-20-15-27-9-7-22(20)26(29)30/h2*2,4,7,9,12-15,24,28H,3,5-6,8,10-11H2,1H3,(H,29,30)/t2*24-/m10/s1. The van der Waals surface area contributed by atoms with Crippen LogP contribution in [-0.2, 0) is 38.5 Å². The molecule has 0 amide bonds. The number of carbonyl (C=O) groups is 2. The fourth-order valence-corrected chi connectivity index (χ4v) is 9.70. The maximum absolute atomic E-state index is 11.5. The average molecular weight is 829 g/mol. The number of fused-ring (bicyclic) bond motifs is 4. The molecule has 0 saturated heterocycles. The van der Waals surface area contributed by atoms with Crippen molar-refractivity contribution in [2.24, 2.45) is 0 Å². The molecule has 4 aliphatic rings. The fraction of sp³-hybridized carbons (Fsp3) is 0.308. The van der Waals surface area contributed by atoms with Crippen molar-refractivity contribution in [1.82, 2.24) is 20.6 Å². The molecule has 6 heterocycles. The summed E-state index contributed by atoms with van der Waals surface area (Å²) in [5, 5.41) is 26.1. The van der Waals surface area contributed by atoms with E-state index in [0.29, 0.717) is 24.0 Å². The fourth-order valence-electron chi connectivity index (χ4n) is 9.70. The lowest BCUT2D eigenvalue weighted by atomic mass is 9.87. The number of nitrogens with zero attached hydrogens (tertiary/aromatic N) is 2. The quantitative estimate of drug-likeness (QED) is 0.106. The first-order valence-corrected chi connectivity index (χ1v) is 21.8. The molecule has 0 saturated carbocycles. The Bertz CT molecular complexity index is 2490. The van der Waals surface area contributed by atoms with Crippen LogP contribution in [0.3, 0.4) is 0 Å². The zero-order valence-electron chi connectivity index (χ0n) is 35.3. The van der Waals surface area contributed by atoms with Crippen molar-refractivity contribution in [3.8, 4) is 33.8 Å². The van der Waals surface area contributed by atoms with Crippen molar-refractivity contribution in [2.45, 2.75) is 77.3 Å². The Morgan fingerprint density at radius 2 is 1.05 bits per heavy atom. The summed E-state index contributed by atoms with van der Waals surface area (Å²) in [6.07, 6.45) is 13.4. The van der Waals surface area contributed by atoms with Crippen molar-refractivity contribution in [1.29, 1.82) is 0 Å². The van der Waals surface area contributed by atoms with Crippen LogP contribution in [0.25, 0.3) is 22.3 Å². The Morgan fingerprint density at radius 3 is 1.48 bits per heavy atom. The number of aromatic carboxylic acids is 2. The average Bonchev–Trinajstić information content (AvgIpc) is 3.95. The van der Waals surface area contributed by atoms with Crippen molar-refractivity contribution in [3.63, 3.8) is 0 Å². The predicted molar refractivity (Wildman–Crippen MR) is 240 cm³/mol. The van der Waals surface area contributed by atoms with E-state index in [1.165, 1.54) is 79.2 Å². The Balaban J connectivity index is 0.000000158. The molecular formula is C52H52N4O6. The highest BCUT2D eigenvalue weighted by Crippen LogP contribution is 2.38. The number of carboxylic acid groups (broad SMARTS) is 2. The topological polar surface area (TPSA) is 143 Å². The van der Waals surface area contributed by atoms with Gasteiger partial charge in [0.1, 0.15) is 11.5 Å². The molecule has 10 heteroatoms. The van der Waals surface area contributed by atoms with Gasteiger partial charge in [0, 0.05) is 49.7 Å². The number of rotatable bonds is 10. The number of pyridine rings is 2. The van der Waals surface area contributed by atoms with E-state index >= 15 is 0 Å². The molecule has 4 aliphatic heterocycles. The highest BCUT2D eigenvalue weighted by molar-refractivity contribution is 5.89. The van der Waals surface area contributed by atoms with Crippen molar-refractivity contribution in [3.05, 3.63) is 164 Å². The molecule has 0 unspecified atom stereocenters. The van der Waals surface area contributed by atoms with E-state index in [1.54, 1.807) is 24.5 Å². The van der Waals surface area contributed by atoms with Crippen molar-refractivity contribution < 1.29 is 29.3 Å². The van der Waals surface area contributed by atoms with Crippen LogP contribution in [-0.4, -0.2) is 58.4 Å². The minimum atomic E-state index is -0.894. The van der Waals surface area contributed by atoms with E-state index in [9.17, 15) is 19.8 Å². The molecule has 316 valence electrons. The third-order valence-electron chi connectivity index (χ3n) is 13.0. The van der Waals surface area contributed by atoms with E-state index < -0.39 is 11.9 Å². The number of aryl methyl sites for hydroxylation is 4. The van der Waals surface area contributed by atoms with Crippen LogP contribution in [0.2, 0.25) is 0 Å². The van der Waals surface area contributed by atoms with Crippen LogP contribution >= 0.6 is 0 Å². The van der Waals surface area contributed by atoms with Gasteiger partial charge in [-0.3, -0.25) is 9.97 Å². The van der Waals surface area contributed by atoms with E-state index in [2.05, 4.69) is 95.1 Å². The van der Waals surface area contributed by atoms with Crippen LogP contribution in [0.15, 0.2) is 97.6 Å². The van der Waals surface area contributed by atoms with E-state index in [-0.39, 0.29) is 12.1 Å². The monoisotopic (exact) mass is 828 g/mol. The van der Waals surface area contributed by atoms with Gasteiger partial charge in [0.25, 0.3) is 0 Å². The van der Waals surface area contributed by atoms with Crippen LogP contribution in [0.4, 0.5) is 0 Å². The summed E-state index contributed by atoms with van der Waals surface area (Å²) in [6, 6.07) is 26.1. The van der Waals surface area contributed by atoms with Crippen molar-refractivity contribution in [2.75, 3.05) is 26.3 Å². The molecule has 0 aliphatic carbocycles. The molecule has 4 aromatic carbocycles. The second kappa shape index (κ2) is 17.9. The molecule has 4 N–H and O–H groups in total. The molecule has 2 aromatic heterocycles. The van der Waals surface area contributed by atoms with Crippen LogP contribution in [0, 0.1) is 13.8 Å². The highest BCUT2D eigenvalue weighted by Gasteiger charge is 2.24. The number of carboxylic acids is 2. The number of nitrogens with one attached hydrogen (secondary N) is 2. The second-order valence-electron chi connectivity index (χ2n) is 16.8. The van der Waals surface area contributed by atoms with Gasteiger partial charge in [-0.15, -0.1) is 0 Å². The summed E-state index contributed by atoms with van der Waals surface area (Å²) in [4.78, 5) is 31.2. The molecule has 0 bridgehead atoms. The van der Waals surface area contributed by atoms with E-state index in [0.717, 1.165) is 87.5 Å². The summed E-state index contributed by atoms with van der Waals surface area (Å²) in [7, 11) is 0. The summed E-state index contributed by atoms with van der Waals surface area (Å²) in [6.45, 7) is 7.70. The number of benzene rings is 4. The largest absolute Gasteiger partial charge is 0.493 e. The second-order valence-corrected chi connectivity index (χ2v) is 16.8. The Labute approximate surface area is 362 Å². The van der Waals surface area contributed by atoms with Gasteiger partial charge in [-0.05, 0) is 180 Å². The van der Waals surface area contributed by atoms with Gasteiger partial charge in [0.15, 0.2) is 0 Å². The Morgan fingerprint density at radius 1 is 0.597 bits per heavy atom. The predicted octanol–water partition coefficient (Wildman–Crippen LogP) is 9.02. The first-order chi connectivity index (χ1) is 30.2. The normalized spacial score (nSPS) is 17.0. The lowest BCUT2D eigenvalue weighted by Gasteiger charge is -2.28. The van der Waals surface area contributed by atoms with Gasteiger partial charge >= 0.3 is 11.9 Å². The molecule has 62 heavy (non-hydrogen) atoms. The molecule has 10 nitrogen and oxygen atoms in total. The number of ether oxygens (including phenoxy) is 2. The zero-order valence-corrected chi connectivity index (χ0v) is 35.3. The summed E-state index contributed by atoms with van der Waals surface area (Å²) in [5.74, 6) is 0.266. The van der Waals surface area contributed by atoms with Crippen LogP contribution in [0.1, 0.15) is 101 Å². The molecule has 0 radical (unpaired) electrons. The molecule has 10 rings (SSSR count). The minimum Gasteiger partial charge on any atom is -0.493 e. The van der Waals surface area contributed by atoms with E-state index in [4.69, 9.17) is 9.47 Å². The summed E-state index contributed by atoms with van der Waals surface area (Å²) >= 11 is 0. The Kier molecular flexibility index (Phi) is 11.9. The highest BCUT2D eigenvalue weighted by atomic mass is 16.5. The van der Waals surface area contributed by atoms with Gasteiger partial charge < -0.3 is 30.3 Å². The van der Waals surface area contributed by atoms with Gasteiger partial charge in [0.2, 0.25) is 0 Å². The molecule has 2 atom stereocenters. The molecule has 0 spiro atoms. The van der Waals surface area contributed by atoms with Crippen LogP contribution < -0.4 is 20.1 Å². The first kappa shape index (κ1) is 41.0. The van der Waals surface area contributed by atoms with Gasteiger partial charge in [-0.1, -0.05) is 36.4 Å². The Hall–Kier alpha value is -6.36. The van der Waals surface area contributed by atoms with Gasteiger partial charge in [0.05, 0.1) is 24.3 Å². The van der Waals surface area contributed by atoms with Gasteiger partial charge in [-0.2, -0.15) is 0 Å². The maximum atomic E-state index is 11.5. The third kappa shape index (κ3) is 8.58. The van der Waals surface area contributed by atoms with Gasteiger partial charge in [-0.25, -0.2) is 9.59 Å². The first-order valence-electron chi connectivity index (χ1n) is 21.8. The van der Waals surface area contributed by atoms with E-state index in [1.807, 2.05) is 0 Å². The lowest BCUT2D eigenvalue weighted by molar-refractivity contribution is 0.0684. The number of aromatic nitrogens is 2. The minimum absolute atomic E-state index is 0.217. The molecular weight excluding hydrogens is 777 g/mol. The molecule has 6 aromatic rings. The third-order valence-corrected chi connectivity index (χ3v) is 13.0. The molecule has 0 fully saturated rings. The SMILES string of the molecule is Cc1cc2c(cc1-c1ccc3c(c1)CCN[C@@H]3CCc1cnccc1C(=O)O)CCO2.Cc1cc2c(cc1-c1ccc3c(c1)CCN[C@H]3CCc1cnccc1C(=O)O)CCO2. The zero-order chi connectivity index (χ0) is 42.7.